The van der Waals surface area contributed by atoms with Crippen molar-refractivity contribution in [3.63, 3.8) is 0 Å². The van der Waals surface area contributed by atoms with Crippen molar-refractivity contribution in [1.29, 1.82) is 5.26 Å². The Hall–Kier alpha value is -1.56. The van der Waals surface area contributed by atoms with Crippen molar-refractivity contribution in [1.82, 2.24) is 4.98 Å². The molecule has 0 aromatic carbocycles. The quantitative estimate of drug-likeness (QED) is 0.846. The summed E-state index contributed by atoms with van der Waals surface area (Å²) in [5, 5.41) is 12.6. The Morgan fingerprint density at radius 3 is 2.88 bits per heavy atom. The third kappa shape index (κ3) is 2.58. The number of nitrogens with one attached hydrogen (secondary N) is 1. The summed E-state index contributed by atoms with van der Waals surface area (Å²) in [7, 11) is 0. The lowest BCUT2D eigenvalue weighted by Crippen LogP contribution is -2.31. The standard InChI is InChI=1S/C14H19N3/c1-10-7-8-16-14(12(10)9-15)17-13-6-4-3-5-11(13)2/h7-8,11,13H,3-6H2,1-2H3,(H,16,17). The zero-order valence-electron chi connectivity index (χ0n) is 10.5. The van der Waals surface area contributed by atoms with Crippen LogP contribution in [0.3, 0.4) is 0 Å². The Balaban J connectivity index is 2.18. The number of rotatable bonds is 2. The highest BCUT2D eigenvalue weighted by molar-refractivity contribution is 5.55. The van der Waals surface area contributed by atoms with Gasteiger partial charge in [0.05, 0.1) is 5.56 Å². The molecule has 90 valence electrons. The van der Waals surface area contributed by atoms with Gasteiger partial charge in [0, 0.05) is 12.2 Å². The van der Waals surface area contributed by atoms with Gasteiger partial charge in [-0.1, -0.05) is 19.8 Å². The Morgan fingerprint density at radius 1 is 1.41 bits per heavy atom. The van der Waals surface area contributed by atoms with Crippen LogP contribution in [0.1, 0.15) is 43.7 Å². The third-order valence-corrected chi connectivity index (χ3v) is 3.70. The molecule has 0 radical (unpaired) electrons. The fraction of sp³-hybridized carbons (Fsp3) is 0.571. The average Bonchev–Trinajstić information content (AvgIpc) is 2.32. The Kier molecular flexibility index (Phi) is 3.63. The molecule has 0 amide bonds. The van der Waals surface area contributed by atoms with E-state index in [4.69, 9.17) is 5.26 Å². The Bertz CT molecular complexity index is 434. The van der Waals surface area contributed by atoms with Crippen LogP contribution in [0, 0.1) is 24.2 Å². The first-order valence-electron chi connectivity index (χ1n) is 6.34. The molecule has 1 aliphatic carbocycles. The van der Waals surface area contributed by atoms with E-state index >= 15 is 0 Å². The minimum absolute atomic E-state index is 0.463. The normalized spacial score (nSPS) is 24.1. The molecular weight excluding hydrogens is 210 g/mol. The van der Waals surface area contributed by atoms with Crippen molar-refractivity contribution >= 4 is 5.82 Å². The van der Waals surface area contributed by atoms with Gasteiger partial charge in [-0.15, -0.1) is 0 Å². The number of aryl methyl sites for hydroxylation is 1. The zero-order valence-corrected chi connectivity index (χ0v) is 10.5. The van der Waals surface area contributed by atoms with Gasteiger partial charge in [0.1, 0.15) is 11.9 Å². The minimum atomic E-state index is 0.463. The summed E-state index contributed by atoms with van der Waals surface area (Å²) in [6.45, 7) is 4.23. The molecule has 1 heterocycles. The molecule has 2 unspecified atom stereocenters. The van der Waals surface area contributed by atoms with E-state index in [0.717, 1.165) is 11.4 Å². The van der Waals surface area contributed by atoms with E-state index in [2.05, 4.69) is 23.3 Å². The summed E-state index contributed by atoms with van der Waals surface area (Å²) in [6.07, 6.45) is 6.82. The van der Waals surface area contributed by atoms with Crippen molar-refractivity contribution in [2.24, 2.45) is 5.92 Å². The highest BCUT2D eigenvalue weighted by Gasteiger charge is 2.22. The molecule has 1 saturated carbocycles. The van der Waals surface area contributed by atoms with Gasteiger partial charge in [-0.3, -0.25) is 0 Å². The zero-order chi connectivity index (χ0) is 12.3. The first kappa shape index (κ1) is 11.9. The largest absolute Gasteiger partial charge is 0.366 e. The van der Waals surface area contributed by atoms with E-state index in [-0.39, 0.29) is 0 Å². The Morgan fingerprint density at radius 2 is 2.18 bits per heavy atom. The summed E-state index contributed by atoms with van der Waals surface area (Å²) >= 11 is 0. The van der Waals surface area contributed by atoms with Crippen LogP contribution in [0.5, 0.6) is 0 Å². The third-order valence-electron chi connectivity index (χ3n) is 3.70. The molecule has 0 bridgehead atoms. The maximum atomic E-state index is 9.16. The molecule has 3 nitrogen and oxygen atoms in total. The molecule has 0 saturated heterocycles. The highest BCUT2D eigenvalue weighted by atomic mass is 15.0. The van der Waals surface area contributed by atoms with Gasteiger partial charge in [0.15, 0.2) is 0 Å². The van der Waals surface area contributed by atoms with Crippen LogP contribution in [0.4, 0.5) is 5.82 Å². The summed E-state index contributed by atoms with van der Waals surface area (Å²) in [4.78, 5) is 4.31. The number of nitrogens with zero attached hydrogens (tertiary/aromatic N) is 2. The minimum Gasteiger partial charge on any atom is -0.366 e. The van der Waals surface area contributed by atoms with Crippen molar-refractivity contribution < 1.29 is 0 Å². The van der Waals surface area contributed by atoms with Crippen molar-refractivity contribution in [2.45, 2.75) is 45.6 Å². The first-order chi connectivity index (χ1) is 8.22. The van der Waals surface area contributed by atoms with Gasteiger partial charge in [-0.25, -0.2) is 4.98 Å². The molecule has 2 rings (SSSR count). The van der Waals surface area contributed by atoms with Gasteiger partial charge >= 0.3 is 0 Å². The van der Waals surface area contributed by atoms with E-state index in [9.17, 15) is 0 Å². The van der Waals surface area contributed by atoms with Crippen molar-refractivity contribution in [2.75, 3.05) is 5.32 Å². The van der Waals surface area contributed by atoms with Crippen molar-refractivity contribution in [3.05, 3.63) is 23.4 Å². The van der Waals surface area contributed by atoms with Gasteiger partial charge in [-0.2, -0.15) is 5.26 Å². The second kappa shape index (κ2) is 5.18. The lowest BCUT2D eigenvalue weighted by Gasteiger charge is -2.30. The van der Waals surface area contributed by atoms with Crippen LogP contribution in [0.15, 0.2) is 12.3 Å². The fourth-order valence-corrected chi connectivity index (χ4v) is 2.52. The number of anilines is 1. The van der Waals surface area contributed by atoms with E-state index in [1.807, 2.05) is 13.0 Å². The summed E-state index contributed by atoms with van der Waals surface area (Å²) in [6, 6.07) is 4.59. The predicted molar refractivity (Wildman–Crippen MR) is 68.7 cm³/mol. The van der Waals surface area contributed by atoms with Crippen LogP contribution in [-0.2, 0) is 0 Å². The second-order valence-corrected chi connectivity index (χ2v) is 4.98. The van der Waals surface area contributed by atoms with Gasteiger partial charge in [-0.05, 0) is 37.3 Å². The summed E-state index contributed by atoms with van der Waals surface area (Å²) in [5.74, 6) is 1.42. The monoisotopic (exact) mass is 229 g/mol. The summed E-state index contributed by atoms with van der Waals surface area (Å²) < 4.78 is 0. The lowest BCUT2D eigenvalue weighted by molar-refractivity contribution is 0.349. The molecule has 1 aromatic rings. The molecule has 1 aliphatic rings. The molecule has 0 aliphatic heterocycles. The van der Waals surface area contributed by atoms with Crippen LogP contribution >= 0.6 is 0 Å². The molecular formula is C14H19N3. The number of hydrogen-bond acceptors (Lipinski definition) is 3. The molecule has 0 spiro atoms. The number of nitriles is 1. The topological polar surface area (TPSA) is 48.7 Å². The van der Waals surface area contributed by atoms with Crippen LogP contribution in [0.25, 0.3) is 0 Å². The second-order valence-electron chi connectivity index (χ2n) is 4.98. The van der Waals surface area contributed by atoms with Gasteiger partial charge in [0.2, 0.25) is 0 Å². The summed E-state index contributed by atoms with van der Waals surface area (Å²) in [5.41, 5.74) is 1.68. The number of pyridine rings is 1. The highest BCUT2D eigenvalue weighted by Crippen LogP contribution is 2.27. The molecule has 1 fully saturated rings. The molecule has 1 N–H and O–H groups in total. The molecule has 2 atom stereocenters. The smallest absolute Gasteiger partial charge is 0.144 e. The van der Waals surface area contributed by atoms with E-state index in [1.165, 1.54) is 25.7 Å². The van der Waals surface area contributed by atoms with Crippen LogP contribution < -0.4 is 5.32 Å². The van der Waals surface area contributed by atoms with Crippen LogP contribution in [-0.4, -0.2) is 11.0 Å². The first-order valence-corrected chi connectivity index (χ1v) is 6.34. The average molecular weight is 229 g/mol. The number of aromatic nitrogens is 1. The molecule has 1 aromatic heterocycles. The van der Waals surface area contributed by atoms with E-state index in [1.54, 1.807) is 6.20 Å². The molecule has 3 heteroatoms. The van der Waals surface area contributed by atoms with E-state index in [0.29, 0.717) is 17.5 Å². The fourth-order valence-electron chi connectivity index (χ4n) is 2.52. The van der Waals surface area contributed by atoms with Gasteiger partial charge < -0.3 is 5.32 Å². The maximum absolute atomic E-state index is 9.16. The van der Waals surface area contributed by atoms with Crippen molar-refractivity contribution in [3.8, 4) is 6.07 Å². The Labute approximate surface area is 103 Å². The SMILES string of the molecule is Cc1ccnc(NC2CCCCC2C)c1C#N. The maximum Gasteiger partial charge on any atom is 0.144 e. The van der Waals surface area contributed by atoms with Gasteiger partial charge in [0.25, 0.3) is 0 Å². The predicted octanol–water partition coefficient (Wildman–Crippen LogP) is 3.25. The number of hydrogen-bond donors (Lipinski definition) is 1. The van der Waals surface area contributed by atoms with Crippen LogP contribution in [0.2, 0.25) is 0 Å². The molecule has 17 heavy (non-hydrogen) atoms. The van der Waals surface area contributed by atoms with E-state index < -0.39 is 0 Å². The lowest BCUT2D eigenvalue weighted by atomic mass is 9.86.